The molecule has 0 heterocycles. The third-order valence-electron chi connectivity index (χ3n) is 9.11. The fourth-order valence-electron chi connectivity index (χ4n) is 5.97. The molecule has 0 saturated carbocycles. The van der Waals surface area contributed by atoms with Crippen LogP contribution in [0.4, 0.5) is 0 Å². The Hall–Kier alpha value is -1.59. The fourth-order valence-corrected chi connectivity index (χ4v) is 5.97. The Kier molecular flexibility index (Phi) is 36.0. The zero-order valence-corrected chi connectivity index (χ0v) is 31.6. The number of ether oxygens (including phenoxy) is 3. The summed E-state index contributed by atoms with van der Waals surface area (Å²) in [6, 6.07) is 0. The molecule has 0 N–H and O–H groups in total. The molecule has 0 aliphatic carbocycles. The largest absolute Gasteiger partial charge is 0.462 e. The maximum absolute atomic E-state index is 12.5. The molecule has 1 unspecified atom stereocenters. The van der Waals surface area contributed by atoms with Gasteiger partial charge in [-0.25, -0.2) is 0 Å². The first-order valence-corrected chi connectivity index (χ1v) is 20.5. The molecule has 0 aliphatic rings. The standard InChI is InChI=1S/C41H78O6/c1-4-7-10-13-16-17-18-19-20-21-22-23-24-26-28-31-34-40(43)46-37-38(36-45-39(42)33-30-27-15-12-9-6-3)47-41(44)35-32-29-25-14-11-8-5-2/h38H,4-37H2,1-3H3. The third kappa shape index (κ3) is 35.5. The van der Waals surface area contributed by atoms with Gasteiger partial charge in [0.2, 0.25) is 0 Å². The number of rotatable bonds is 37. The van der Waals surface area contributed by atoms with Crippen LogP contribution in [0.2, 0.25) is 0 Å². The molecule has 47 heavy (non-hydrogen) atoms. The Bertz CT molecular complexity index is 693. The zero-order chi connectivity index (χ0) is 34.5. The van der Waals surface area contributed by atoms with Gasteiger partial charge in [0.15, 0.2) is 6.10 Å². The quantitative estimate of drug-likeness (QED) is 0.0373. The summed E-state index contributed by atoms with van der Waals surface area (Å²) >= 11 is 0. The fraction of sp³-hybridized carbons (Fsp3) is 0.927. The number of unbranched alkanes of at least 4 members (excludes halogenated alkanes) is 26. The van der Waals surface area contributed by atoms with Gasteiger partial charge in [-0.3, -0.25) is 14.4 Å². The predicted molar refractivity (Wildman–Crippen MR) is 197 cm³/mol. The highest BCUT2D eigenvalue weighted by Crippen LogP contribution is 2.15. The summed E-state index contributed by atoms with van der Waals surface area (Å²) < 4.78 is 16.5. The van der Waals surface area contributed by atoms with Gasteiger partial charge in [0.1, 0.15) is 13.2 Å². The molecule has 0 aliphatic heterocycles. The predicted octanol–water partition coefficient (Wildman–Crippen LogP) is 12.5. The van der Waals surface area contributed by atoms with Crippen molar-refractivity contribution in [2.24, 2.45) is 0 Å². The molecule has 0 aromatic carbocycles. The van der Waals surface area contributed by atoms with Crippen molar-refractivity contribution in [1.82, 2.24) is 0 Å². The minimum atomic E-state index is -0.754. The van der Waals surface area contributed by atoms with Crippen LogP contribution in [0.15, 0.2) is 0 Å². The number of carbonyl (C=O) groups excluding carboxylic acids is 3. The van der Waals surface area contributed by atoms with Crippen LogP contribution in [0.5, 0.6) is 0 Å². The normalized spacial score (nSPS) is 11.8. The molecular formula is C41H78O6. The van der Waals surface area contributed by atoms with E-state index in [0.29, 0.717) is 19.3 Å². The van der Waals surface area contributed by atoms with Crippen molar-refractivity contribution in [1.29, 1.82) is 0 Å². The van der Waals surface area contributed by atoms with Crippen LogP contribution in [0, 0.1) is 0 Å². The van der Waals surface area contributed by atoms with Gasteiger partial charge in [-0.15, -0.1) is 0 Å². The molecule has 278 valence electrons. The molecule has 6 heteroatoms. The number of carbonyl (C=O) groups is 3. The van der Waals surface area contributed by atoms with Crippen LogP contribution in [0.1, 0.15) is 226 Å². The van der Waals surface area contributed by atoms with Gasteiger partial charge in [-0.1, -0.05) is 188 Å². The molecule has 1 atom stereocenters. The van der Waals surface area contributed by atoms with Crippen molar-refractivity contribution in [3.05, 3.63) is 0 Å². The lowest BCUT2D eigenvalue weighted by molar-refractivity contribution is -0.167. The van der Waals surface area contributed by atoms with Crippen molar-refractivity contribution in [2.45, 2.75) is 232 Å². The van der Waals surface area contributed by atoms with E-state index in [9.17, 15) is 14.4 Å². The highest BCUT2D eigenvalue weighted by atomic mass is 16.6. The van der Waals surface area contributed by atoms with E-state index in [0.717, 1.165) is 57.8 Å². The van der Waals surface area contributed by atoms with E-state index < -0.39 is 6.10 Å². The summed E-state index contributed by atoms with van der Waals surface area (Å²) in [7, 11) is 0. The maximum Gasteiger partial charge on any atom is 0.306 e. The average molecular weight is 667 g/mol. The Balaban J connectivity index is 4.14. The first-order chi connectivity index (χ1) is 23.0. The number of esters is 3. The van der Waals surface area contributed by atoms with Crippen LogP contribution in [-0.4, -0.2) is 37.2 Å². The summed E-state index contributed by atoms with van der Waals surface area (Å²) in [5.74, 6) is -0.876. The van der Waals surface area contributed by atoms with E-state index in [1.54, 1.807) is 0 Å². The summed E-state index contributed by atoms with van der Waals surface area (Å²) in [6.07, 6.45) is 35.4. The van der Waals surface area contributed by atoms with Crippen molar-refractivity contribution in [2.75, 3.05) is 13.2 Å². The second-order valence-corrected chi connectivity index (χ2v) is 13.9. The Morgan fingerprint density at radius 3 is 0.851 bits per heavy atom. The summed E-state index contributed by atoms with van der Waals surface area (Å²) in [5.41, 5.74) is 0. The number of hydrogen-bond donors (Lipinski definition) is 0. The molecule has 0 fully saturated rings. The van der Waals surface area contributed by atoms with Crippen LogP contribution in [0.3, 0.4) is 0 Å². The minimum absolute atomic E-state index is 0.0647. The molecule has 0 aromatic rings. The van der Waals surface area contributed by atoms with Crippen LogP contribution in [-0.2, 0) is 28.6 Å². The van der Waals surface area contributed by atoms with E-state index >= 15 is 0 Å². The second kappa shape index (κ2) is 37.2. The van der Waals surface area contributed by atoms with E-state index in [-0.39, 0.29) is 31.1 Å². The van der Waals surface area contributed by atoms with Gasteiger partial charge < -0.3 is 14.2 Å². The molecule has 6 nitrogen and oxygen atoms in total. The van der Waals surface area contributed by atoms with Crippen molar-refractivity contribution in [3.8, 4) is 0 Å². The molecule has 0 bridgehead atoms. The van der Waals surface area contributed by atoms with E-state index in [1.165, 1.54) is 128 Å². The Morgan fingerprint density at radius 1 is 0.340 bits per heavy atom. The molecule has 0 saturated heterocycles. The van der Waals surface area contributed by atoms with Crippen LogP contribution < -0.4 is 0 Å². The van der Waals surface area contributed by atoms with Gasteiger partial charge in [0.25, 0.3) is 0 Å². The van der Waals surface area contributed by atoms with E-state index in [2.05, 4.69) is 20.8 Å². The lowest BCUT2D eigenvalue weighted by atomic mass is 10.0. The average Bonchev–Trinajstić information content (AvgIpc) is 3.06. The van der Waals surface area contributed by atoms with Crippen LogP contribution >= 0.6 is 0 Å². The monoisotopic (exact) mass is 667 g/mol. The Labute approximate surface area is 291 Å². The van der Waals surface area contributed by atoms with Gasteiger partial charge in [-0.05, 0) is 19.3 Å². The summed E-state index contributed by atoms with van der Waals surface area (Å²) in [5, 5.41) is 0. The highest BCUT2D eigenvalue weighted by molar-refractivity contribution is 5.71. The molecule has 0 rings (SSSR count). The van der Waals surface area contributed by atoms with Crippen molar-refractivity contribution in [3.63, 3.8) is 0 Å². The SMILES string of the molecule is CCCCCCCCCCCCCCCCCCC(=O)OCC(COC(=O)CCCCCCCC)OC(=O)CCCCCCCCC. The van der Waals surface area contributed by atoms with Crippen molar-refractivity contribution < 1.29 is 28.6 Å². The summed E-state index contributed by atoms with van der Waals surface area (Å²) in [6.45, 7) is 6.54. The molecule has 0 aromatic heterocycles. The first kappa shape index (κ1) is 45.4. The zero-order valence-electron chi connectivity index (χ0n) is 31.6. The Morgan fingerprint density at radius 2 is 0.574 bits per heavy atom. The van der Waals surface area contributed by atoms with Gasteiger partial charge in [0, 0.05) is 19.3 Å². The van der Waals surface area contributed by atoms with E-state index in [4.69, 9.17) is 14.2 Å². The number of hydrogen-bond acceptors (Lipinski definition) is 6. The lowest BCUT2D eigenvalue weighted by Gasteiger charge is -2.18. The lowest BCUT2D eigenvalue weighted by Crippen LogP contribution is -2.30. The van der Waals surface area contributed by atoms with Gasteiger partial charge in [-0.2, -0.15) is 0 Å². The molecule has 0 spiro atoms. The maximum atomic E-state index is 12.5. The molecule has 0 radical (unpaired) electrons. The van der Waals surface area contributed by atoms with Crippen molar-refractivity contribution >= 4 is 17.9 Å². The third-order valence-corrected chi connectivity index (χ3v) is 9.11. The smallest absolute Gasteiger partial charge is 0.306 e. The second-order valence-electron chi connectivity index (χ2n) is 13.9. The summed E-state index contributed by atoms with van der Waals surface area (Å²) in [4.78, 5) is 37.2. The molecule has 0 amide bonds. The van der Waals surface area contributed by atoms with Crippen LogP contribution in [0.25, 0.3) is 0 Å². The van der Waals surface area contributed by atoms with Gasteiger partial charge in [0.05, 0.1) is 0 Å². The highest BCUT2D eigenvalue weighted by Gasteiger charge is 2.19. The molecular weight excluding hydrogens is 588 g/mol. The van der Waals surface area contributed by atoms with Gasteiger partial charge >= 0.3 is 17.9 Å². The van der Waals surface area contributed by atoms with E-state index in [1.807, 2.05) is 0 Å². The first-order valence-electron chi connectivity index (χ1n) is 20.5. The minimum Gasteiger partial charge on any atom is -0.462 e. The topological polar surface area (TPSA) is 78.9 Å².